The van der Waals surface area contributed by atoms with E-state index < -0.39 is 6.09 Å². The normalized spacial score (nSPS) is 13.4. The molecule has 4 aromatic rings. The Morgan fingerprint density at radius 3 is 2.21 bits per heavy atom. The zero-order valence-electron chi connectivity index (χ0n) is 34.7. The molecule has 292 valence electrons. The van der Waals surface area contributed by atoms with Gasteiger partial charge in [-0.2, -0.15) is 0 Å². The Balaban J connectivity index is 0.000000269. The number of nitrogens with one attached hydrogen (secondary N) is 2. The van der Waals surface area contributed by atoms with Crippen molar-refractivity contribution < 1.29 is 9.53 Å². The predicted octanol–water partition coefficient (Wildman–Crippen LogP) is 12.8. The fourth-order valence-electron chi connectivity index (χ4n) is 5.81. The van der Waals surface area contributed by atoms with Gasteiger partial charge in [-0.05, 0) is 116 Å². The van der Waals surface area contributed by atoms with Crippen LogP contribution in [0, 0.1) is 19.8 Å². The van der Waals surface area contributed by atoms with Crippen LogP contribution in [0.3, 0.4) is 0 Å². The second kappa shape index (κ2) is 23.0. The van der Waals surface area contributed by atoms with Crippen LogP contribution in [-0.4, -0.2) is 34.5 Å². The first-order chi connectivity index (χ1) is 25.1. The van der Waals surface area contributed by atoms with Crippen LogP contribution in [0.5, 0.6) is 0 Å². The summed E-state index contributed by atoms with van der Waals surface area (Å²) >= 11 is 1.76. The number of aryl methyl sites for hydroxylation is 2. The number of amidine groups is 1. The molecule has 1 unspecified atom stereocenters. The number of amides is 1. The fraction of sp³-hybridized carbons (Fsp3) is 0.533. The van der Waals surface area contributed by atoms with E-state index in [9.17, 15) is 4.79 Å². The second-order valence-corrected chi connectivity index (χ2v) is 16.1. The first kappa shape index (κ1) is 45.2. The molecule has 8 heteroatoms. The minimum Gasteiger partial charge on any atom is -0.447 e. The molecule has 1 amide bonds. The van der Waals surface area contributed by atoms with Crippen LogP contribution in [0.15, 0.2) is 72.0 Å². The third-order valence-corrected chi connectivity index (χ3v) is 10.9. The molecule has 0 aliphatic heterocycles. The van der Waals surface area contributed by atoms with Crippen LogP contribution >= 0.6 is 11.3 Å². The third kappa shape index (κ3) is 15.5. The molecule has 7 nitrogen and oxygen atoms in total. The molecule has 0 saturated heterocycles. The number of hydrogen-bond acceptors (Lipinski definition) is 6. The number of aliphatic imine (C=N–C) groups is 1. The molecular formula is C45H69N5O2S. The van der Waals surface area contributed by atoms with Gasteiger partial charge in [0.1, 0.15) is 10.7 Å². The lowest BCUT2D eigenvalue weighted by Gasteiger charge is -2.22. The van der Waals surface area contributed by atoms with Gasteiger partial charge in [-0.15, -0.1) is 11.3 Å². The van der Waals surface area contributed by atoms with Gasteiger partial charge in [0.15, 0.2) is 0 Å². The summed E-state index contributed by atoms with van der Waals surface area (Å²) in [6.45, 7) is 27.3. The van der Waals surface area contributed by atoms with E-state index in [1.807, 2.05) is 19.2 Å². The van der Waals surface area contributed by atoms with E-state index in [1.54, 1.807) is 32.1 Å². The lowest BCUT2D eigenvalue weighted by Crippen LogP contribution is -2.31. The van der Waals surface area contributed by atoms with Crippen molar-refractivity contribution in [3.05, 3.63) is 88.7 Å². The van der Waals surface area contributed by atoms with Gasteiger partial charge in [-0.1, -0.05) is 89.6 Å². The minimum absolute atomic E-state index is 0.0982. The summed E-state index contributed by atoms with van der Waals surface area (Å²) in [4.78, 5) is 25.5. The highest BCUT2D eigenvalue weighted by Crippen LogP contribution is 2.38. The lowest BCUT2D eigenvalue weighted by atomic mass is 9.84. The fourth-order valence-corrected chi connectivity index (χ4v) is 7.00. The van der Waals surface area contributed by atoms with E-state index in [1.165, 1.54) is 88.1 Å². The van der Waals surface area contributed by atoms with Crippen LogP contribution in [0.25, 0.3) is 21.5 Å². The molecule has 1 fully saturated rings. The topological polar surface area (TPSA) is 105 Å². The average Bonchev–Trinajstić information content (AvgIpc) is 3.67. The van der Waals surface area contributed by atoms with Gasteiger partial charge in [0, 0.05) is 51.4 Å². The number of rotatable bonds is 11. The molecule has 1 aliphatic rings. The maximum absolute atomic E-state index is 11.0. The number of pyridine rings is 1. The molecule has 0 spiro atoms. The van der Waals surface area contributed by atoms with Gasteiger partial charge >= 0.3 is 6.09 Å². The largest absolute Gasteiger partial charge is 0.447 e. The number of H-pyrrole nitrogens is 1. The van der Waals surface area contributed by atoms with Crippen molar-refractivity contribution in [2.75, 3.05) is 6.54 Å². The van der Waals surface area contributed by atoms with Gasteiger partial charge in [0.2, 0.25) is 0 Å². The molecule has 0 bridgehead atoms. The van der Waals surface area contributed by atoms with E-state index in [-0.39, 0.29) is 11.5 Å². The number of nitrogens with two attached hydrogens (primary N) is 1. The molecule has 4 N–H and O–H groups in total. The number of carbonyl (C=O) groups excluding carboxylic acids is 1. The number of thiophene rings is 1. The molecule has 53 heavy (non-hydrogen) atoms. The van der Waals surface area contributed by atoms with Gasteiger partial charge in [-0.25, -0.2) is 4.79 Å². The van der Waals surface area contributed by atoms with Crippen LogP contribution < -0.4 is 11.1 Å². The number of hydrogen-bond donors (Lipinski definition) is 3. The molecule has 3 aromatic heterocycles. The standard InChI is InChI=1S/C19H22N2S.C11H17N.C9H18N2O2.C6H12/c1-11-6-12(2)8-14(7-11)16-9-15-10-17(22-18(15)21-16)19(4,5)13(3)20;1-3-7-10(4-2)11-8-5-6-9-12-11;1-5-6-10-8(4)11-9(12)13-7(2)3;1-2-6-4-3-5-6/h6-10,21H,3,20H2,1-2,4-5H3;5-6,8-10H,3-4,7H2,1-2H3;7H,5-6H2,1-4H3,(H,10,11,12);6H,2-5H2,1H3. The second-order valence-electron chi connectivity index (χ2n) is 15.0. The maximum Gasteiger partial charge on any atom is 0.412 e. The van der Waals surface area contributed by atoms with E-state index in [0.717, 1.165) is 18.9 Å². The van der Waals surface area contributed by atoms with Crippen LogP contribution in [0.4, 0.5) is 4.79 Å². The van der Waals surface area contributed by atoms with Gasteiger partial charge in [0.25, 0.3) is 0 Å². The first-order valence-electron chi connectivity index (χ1n) is 19.7. The van der Waals surface area contributed by atoms with Crippen molar-refractivity contribution in [3.63, 3.8) is 0 Å². The Hall–Kier alpha value is -3.91. The molecule has 1 atom stereocenters. The van der Waals surface area contributed by atoms with Gasteiger partial charge < -0.3 is 15.5 Å². The summed E-state index contributed by atoms with van der Waals surface area (Å²) in [6.07, 6.45) is 12.0. The number of nitrogens with zero attached hydrogens (tertiary/aromatic N) is 2. The maximum atomic E-state index is 11.0. The van der Waals surface area contributed by atoms with Crippen LogP contribution in [0.2, 0.25) is 0 Å². The molecule has 3 heterocycles. The monoisotopic (exact) mass is 744 g/mol. The van der Waals surface area contributed by atoms with E-state index >= 15 is 0 Å². The molecule has 1 aliphatic carbocycles. The Morgan fingerprint density at radius 1 is 1.08 bits per heavy atom. The smallest absolute Gasteiger partial charge is 0.412 e. The summed E-state index contributed by atoms with van der Waals surface area (Å²) in [5.74, 6) is 2.38. The van der Waals surface area contributed by atoms with Crippen molar-refractivity contribution in [1.82, 2.24) is 15.3 Å². The van der Waals surface area contributed by atoms with Crippen molar-refractivity contribution in [2.24, 2.45) is 16.6 Å². The zero-order chi connectivity index (χ0) is 39.6. The predicted molar refractivity (Wildman–Crippen MR) is 230 cm³/mol. The molecule has 5 rings (SSSR count). The van der Waals surface area contributed by atoms with Crippen molar-refractivity contribution in [3.8, 4) is 11.3 Å². The van der Waals surface area contributed by atoms with Crippen LogP contribution in [-0.2, 0) is 10.2 Å². The average molecular weight is 744 g/mol. The molecule has 1 aromatic carbocycles. The Morgan fingerprint density at radius 2 is 1.75 bits per heavy atom. The van der Waals surface area contributed by atoms with Gasteiger partial charge in [-0.3, -0.25) is 15.3 Å². The van der Waals surface area contributed by atoms with Crippen LogP contribution in [0.1, 0.15) is 141 Å². The molecule has 0 radical (unpaired) electrons. The third-order valence-electron chi connectivity index (χ3n) is 9.50. The Labute approximate surface area is 325 Å². The summed E-state index contributed by atoms with van der Waals surface area (Å²) in [7, 11) is 0. The van der Waals surface area contributed by atoms with Crippen molar-refractivity contribution >= 4 is 33.5 Å². The van der Waals surface area contributed by atoms with Crippen molar-refractivity contribution in [1.29, 1.82) is 0 Å². The quantitative estimate of drug-likeness (QED) is 0.105. The number of carbonyl (C=O) groups is 1. The Bertz CT molecular complexity index is 1640. The number of ether oxygens (including phenoxy) is 1. The van der Waals surface area contributed by atoms with Gasteiger partial charge in [0.05, 0.1) is 6.10 Å². The highest BCUT2D eigenvalue weighted by Gasteiger charge is 2.25. The van der Waals surface area contributed by atoms with E-state index in [4.69, 9.17) is 10.5 Å². The first-order valence-corrected chi connectivity index (χ1v) is 20.5. The minimum atomic E-state index is -0.438. The molecular weight excluding hydrogens is 675 g/mol. The summed E-state index contributed by atoms with van der Waals surface area (Å²) in [5, 5.41) is 3.77. The highest BCUT2D eigenvalue weighted by molar-refractivity contribution is 7.18. The Kier molecular flexibility index (Phi) is 19.6. The number of aromatic nitrogens is 2. The zero-order valence-corrected chi connectivity index (χ0v) is 35.5. The van der Waals surface area contributed by atoms with Crippen molar-refractivity contribution in [2.45, 2.75) is 145 Å². The number of benzene rings is 1. The summed E-state index contributed by atoms with van der Waals surface area (Å²) in [6, 6.07) is 17.2. The molecule has 1 saturated carbocycles. The number of alkyl carbamates (subject to hydrolysis) is 1. The summed E-state index contributed by atoms with van der Waals surface area (Å²) in [5.41, 5.74) is 12.7. The summed E-state index contributed by atoms with van der Waals surface area (Å²) < 4.78 is 4.87. The number of aromatic amines is 1. The highest BCUT2D eigenvalue weighted by atomic mass is 32.1. The SMILES string of the molecule is C=C(N)C(C)(C)c1cc2cc(-c3cc(C)cc(C)c3)[nH]c2s1.CCC1CCC1.CCCC(CC)c1ccccn1.CCCN=C(C)NC(=O)OC(C)C. The van der Waals surface area contributed by atoms with E-state index in [0.29, 0.717) is 17.5 Å². The lowest BCUT2D eigenvalue weighted by molar-refractivity contribution is 0.120. The number of allylic oxidation sites excluding steroid dienone is 1. The van der Waals surface area contributed by atoms with E-state index in [2.05, 4.69) is 118 Å². The number of fused-ring (bicyclic) bond motifs is 1.